The van der Waals surface area contributed by atoms with Gasteiger partial charge < -0.3 is 20.7 Å². The maximum atomic E-state index is 8.75. The van der Waals surface area contributed by atoms with Crippen molar-refractivity contribution in [1.29, 1.82) is 0 Å². The molecular weight excluding hydrogens is 254 g/mol. The van der Waals surface area contributed by atoms with E-state index in [-0.39, 0.29) is 11.4 Å². The quantitative estimate of drug-likeness (QED) is 0.365. The summed E-state index contributed by atoms with van der Waals surface area (Å²) in [6.07, 6.45) is 5.39. The molecule has 0 aromatic carbocycles. The van der Waals surface area contributed by atoms with Gasteiger partial charge in [-0.1, -0.05) is 5.16 Å². The number of nitrogens with two attached hydrogens (primary N) is 1. The van der Waals surface area contributed by atoms with Crippen LogP contribution in [-0.2, 0) is 0 Å². The van der Waals surface area contributed by atoms with E-state index in [9.17, 15) is 0 Å². The van der Waals surface area contributed by atoms with E-state index in [1.165, 1.54) is 19.3 Å². The van der Waals surface area contributed by atoms with E-state index in [2.05, 4.69) is 34.0 Å². The molecule has 0 spiro atoms. The van der Waals surface area contributed by atoms with Crippen molar-refractivity contribution in [3.8, 4) is 0 Å². The fourth-order valence-corrected chi connectivity index (χ4v) is 2.70. The highest BCUT2D eigenvalue weighted by Crippen LogP contribution is 2.37. The zero-order valence-corrected chi connectivity index (χ0v) is 12.4. The normalized spacial score (nSPS) is 17.9. The second-order valence-electron chi connectivity index (χ2n) is 5.72. The van der Waals surface area contributed by atoms with Crippen LogP contribution in [0.5, 0.6) is 0 Å². The van der Waals surface area contributed by atoms with E-state index < -0.39 is 0 Å². The number of pyridine rings is 1. The summed E-state index contributed by atoms with van der Waals surface area (Å²) in [6.45, 7) is 0.923. The van der Waals surface area contributed by atoms with Crippen molar-refractivity contribution >= 4 is 11.7 Å². The van der Waals surface area contributed by atoms with Crippen molar-refractivity contribution in [2.75, 3.05) is 32.6 Å². The third-order valence-electron chi connectivity index (χ3n) is 4.30. The molecule has 0 amide bonds. The van der Waals surface area contributed by atoms with E-state index in [1.807, 2.05) is 13.1 Å². The van der Waals surface area contributed by atoms with E-state index >= 15 is 0 Å². The monoisotopic (exact) mass is 277 g/mol. The maximum Gasteiger partial charge on any atom is 0.170 e. The summed E-state index contributed by atoms with van der Waals surface area (Å²) in [6, 6.07) is 3.58. The molecule has 20 heavy (non-hydrogen) atoms. The van der Waals surface area contributed by atoms with Gasteiger partial charge in [0.2, 0.25) is 0 Å². The number of nitrogens with zero attached hydrogens (tertiary/aromatic N) is 4. The maximum absolute atomic E-state index is 8.75. The summed E-state index contributed by atoms with van der Waals surface area (Å²) >= 11 is 0. The van der Waals surface area contributed by atoms with Crippen molar-refractivity contribution in [3.05, 3.63) is 23.9 Å². The highest BCUT2D eigenvalue weighted by molar-refractivity contribution is 5.97. The molecule has 6 nitrogen and oxygen atoms in total. The van der Waals surface area contributed by atoms with E-state index in [4.69, 9.17) is 10.9 Å². The minimum atomic E-state index is 0.105. The van der Waals surface area contributed by atoms with Gasteiger partial charge in [-0.3, -0.25) is 0 Å². The number of anilines is 1. The molecule has 0 aliphatic heterocycles. The Kier molecular flexibility index (Phi) is 4.13. The van der Waals surface area contributed by atoms with Gasteiger partial charge in [0.05, 0.1) is 0 Å². The fraction of sp³-hybridized carbons (Fsp3) is 0.571. The highest BCUT2D eigenvalue weighted by atomic mass is 16.4. The van der Waals surface area contributed by atoms with Crippen LogP contribution in [0.15, 0.2) is 23.5 Å². The molecule has 6 heteroatoms. The second-order valence-corrected chi connectivity index (χ2v) is 5.72. The molecule has 1 aromatic heterocycles. The van der Waals surface area contributed by atoms with Crippen LogP contribution in [0, 0.1) is 0 Å². The molecule has 1 fully saturated rings. The number of amidine groups is 1. The number of hydrogen-bond donors (Lipinski definition) is 2. The second kappa shape index (κ2) is 5.66. The van der Waals surface area contributed by atoms with Gasteiger partial charge in [-0.15, -0.1) is 0 Å². The van der Waals surface area contributed by atoms with Crippen LogP contribution in [0.25, 0.3) is 0 Å². The molecule has 0 atom stereocenters. The molecule has 1 aliphatic rings. The molecule has 1 saturated carbocycles. The summed E-state index contributed by atoms with van der Waals surface area (Å²) in [5.41, 5.74) is 6.54. The fourth-order valence-electron chi connectivity index (χ4n) is 2.70. The smallest absolute Gasteiger partial charge is 0.170 e. The minimum absolute atomic E-state index is 0.105. The first-order valence-corrected chi connectivity index (χ1v) is 6.81. The number of rotatable bonds is 5. The van der Waals surface area contributed by atoms with Crippen molar-refractivity contribution in [3.63, 3.8) is 0 Å². The Labute approximate surface area is 119 Å². The number of hydrogen-bond acceptors (Lipinski definition) is 5. The first-order chi connectivity index (χ1) is 9.48. The van der Waals surface area contributed by atoms with Gasteiger partial charge >= 0.3 is 0 Å². The Hall–Kier alpha value is -1.82. The van der Waals surface area contributed by atoms with Gasteiger partial charge in [0, 0.05) is 30.9 Å². The largest absolute Gasteiger partial charge is 0.409 e. The van der Waals surface area contributed by atoms with Gasteiger partial charge in [0.15, 0.2) is 5.84 Å². The van der Waals surface area contributed by atoms with E-state index in [0.717, 1.165) is 12.4 Å². The standard InChI is InChI=1S/C14H23N5O/c1-18(2)14(6-4-7-14)10-19(3)12-9-11(5-8-16-12)13(15)17-20/h5,8-9,20H,4,6-7,10H2,1-3H3,(H2,15,17). The third-order valence-corrected chi connectivity index (χ3v) is 4.30. The van der Waals surface area contributed by atoms with Crippen LogP contribution in [0.4, 0.5) is 5.82 Å². The Morgan fingerprint density at radius 2 is 2.15 bits per heavy atom. The first-order valence-electron chi connectivity index (χ1n) is 6.81. The zero-order chi connectivity index (χ0) is 14.8. The van der Waals surface area contributed by atoms with Crippen molar-refractivity contribution in [2.45, 2.75) is 24.8 Å². The lowest BCUT2D eigenvalue weighted by atomic mass is 9.75. The van der Waals surface area contributed by atoms with E-state index in [1.54, 1.807) is 12.3 Å². The van der Waals surface area contributed by atoms with Crippen LogP contribution in [0.1, 0.15) is 24.8 Å². The van der Waals surface area contributed by atoms with Gasteiger partial charge in [-0.05, 0) is 45.5 Å². The van der Waals surface area contributed by atoms with Crippen molar-refractivity contribution < 1.29 is 5.21 Å². The summed E-state index contributed by atoms with van der Waals surface area (Å²) < 4.78 is 0. The van der Waals surface area contributed by atoms with Crippen LogP contribution >= 0.6 is 0 Å². The lowest BCUT2D eigenvalue weighted by Crippen LogP contribution is -2.56. The minimum Gasteiger partial charge on any atom is -0.409 e. The summed E-state index contributed by atoms with van der Waals surface area (Å²) in [4.78, 5) is 8.81. The number of oxime groups is 1. The molecule has 3 N–H and O–H groups in total. The van der Waals surface area contributed by atoms with Gasteiger partial charge in [-0.2, -0.15) is 0 Å². The average molecular weight is 277 g/mol. The molecule has 1 heterocycles. The average Bonchev–Trinajstić information content (AvgIpc) is 2.41. The number of aromatic nitrogens is 1. The lowest BCUT2D eigenvalue weighted by molar-refractivity contribution is 0.0682. The summed E-state index contributed by atoms with van der Waals surface area (Å²) in [5, 5.41) is 11.8. The first kappa shape index (κ1) is 14.6. The molecular formula is C14H23N5O. The molecule has 110 valence electrons. The van der Waals surface area contributed by atoms with Gasteiger partial charge in [-0.25, -0.2) is 4.98 Å². The Balaban J connectivity index is 2.15. The van der Waals surface area contributed by atoms with Crippen LogP contribution in [0.2, 0.25) is 0 Å². The van der Waals surface area contributed by atoms with Crippen LogP contribution in [0.3, 0.4) is 0 Å². The Morgan fingerprint density at radius 1 is 1.45 bits per heavy atom. The molecule has 1 aromatic rings. The molecule has 0 radical (unpaired) electrons. The topological polar surface area (TPSA) is 78.0 Å². The predicted octanol–water partition coefficient (Wildman–Crippen LogP) is 1.10. The molecule has 1 aliphatic carbocycles. The Bertz CT molecular complexity index is 496. The highest BCUT2D eigenvalue weighted by Gasteiger charge is 2.40. The van der Waals surface area contributed by atoms with Crippen molar-refractivity contribution in [2.24, 2.45) is 10.9 Å². The summed E-state index contributed by atoms with van der Waals surface area (Å²) in [7, 11) is 6.29. The van der Waals surface area contributed by atoms with Crippen LogP contribution < -0.4 is 10.6 Å². The van der Waals surface area contributed by atoms with Crippen molar-refractivity contribution in [1.82, 2.24) is 9.88 Å². The third kappa shape index (κ3) is 2.70. The number of likely N-dealkylation sites (N-methyl/N-ethyl adjacent to an activating group) is 2. The molecule has 2 rings (SSSR count). The summed E-state index contributed by atoms with van der Waals surface area (Å²) in [5.74, 6) is 0.940. The van der Waals surface area contributed by atoms with E-state index in [0.29, 0.717) is 5.56 Å². The predicted molar refractivity (Wildman–Crippen MR) is 80.3 cm³/mol. The van der Waals surface area contributed by atoms with Gasteiger partial charge in [0.1, 0.15) is 5.82 Å². The zero-order valence-electron chi connectivity index (χ0n) is 12.4. The molecule has 0 bridgehead atoms. The SMILES string of the molecule is CN(CC1(N(C)C)CCC1)c1cc(/C(N)=N/O)ccn1. The molecule has 0 saturated heterocycles. The van der Waals surface area contributed by atoms with Gasteiger partial charge in [0.25, 0.3) is 0 Å². The van der Waals surface area contributed by atoms with Crippen LogP contribution in [-0.4, -0.2) is 54.2 Å². The Morgan fingerprint density at radius 3 is 2.65 bits per heavy atom. The molecule has 0 unspecified atom stereocenters. The lowest BCUT2D eigenvalue weighted by Gasteiger charge is -2.49.